The summed E-state index contributed by atoms with van der Waals surface area (Å²) >= 11 is 0. The first kappa shape index (κ1) is 7.81. The highest BCUT2D eigenvalue weighted by atomic mass is 31.0. The molecule has 56 valence electrons. The van der Waals surface area contributed by atoms with Gasteiger partial charge in [0, 0.05) is 11.4 Å². The number of hydrogen-bond donors (Lipinski definition) is 0. The second kappa shape index (κ2) is 2.39. The molecule has 1 aromatic heterocycles. The Bertz CT molecular complexity index is 180. The van der Waals surface area contributed by atoms with E-state index in [9.17, 15) is 0 Å². The zero-order valence-electron chi connectivity index (χ0n) is 7.02. The largest absolute Gasteiger partial charge is 0.333 e. The van der Waals surface area contributed by atoms with Gasteiger partial charge < -0.3 is 4.34 Å². The highest BCUT2D eigenvalue weighted by molar-refractivity contribution is 7.14. The molecule has 0 saturated carbocycles. The van der Waals surface area contributed by atoms with Gasteiger partial charge in [0.05, 0.1) is 0 Å². The smallest absolute Gasteiger partial charge is 0.0210 e. The third-order valence-corrected chi connectivity index (χ3v) is 3.15. The van der Waals surface area contributed by atoms with Gasteiger partial charge >= 0.3 is 0 Å². The molecule has 0 N–H and O–H groups in total. The van der Waals surface area contributed by atoms with Gasteiger partial charge in [-0.25, -0.2) is 0 Å². The molecule has 0 bridgehead atoms. The molecule has 0 spiro atoms. The molecule has 1 unspecified atom stereocenters. The number of hydrogen-bond acceptors (Lipinski definition) is 0. The van der Waals surface area contributed by atoms with Crippen LogP contribution in [0.1, 0.15) is 22.5 Å². The molecule has 0 aliphatic heterocycles. The predicted octanol–water partition coefficient (Wildman–Crippen LogP) is 2.36. The monoisotopic (exact) mass is 155 g/mol. The maximum Gasteiger partial charge on any atom is 0.0210 e. The van der Waals surface area contributed by atoms with Gasteiger partial charge in [-0.3, -0.25) is 0 Å². The van der Waals surface area contributed by atoms with E-state index in [-0.39, 0.29) is 0 Å². The highest BCUT2D eigenvalue weighted by Gasteiger charge is 2.06. The maximum atomic E-state index is 2.72. The van der Waals surface area contributed by atoms with Gasteiger partial charge in [0.15, 0.2) is 0 Å². The molecule has 0 aliphatic rings. The van der Waals surface area contributed by atoms with E-state index in [1.165, 1.54) is 22.5 Å². The minimum Gasteiger partial charge on any atom is -0.333 e. The maximum absolute atomic E-state index is 2.72. The first-order valence-corrected chi connectivity index (χ1v) is 3.97. The fourth-order valence-electron chi connectivity index (χ4n) is 1.16. The fourth-order valence-corrected chi connectivity index (χ4v) is 1.54. The number of rotatable bonds is 0. The standard InChI is InChI=1S/C8H14NP/c1-5-6(2)8(4)9(10)7(5)3/h10H2,1-4H3. The van der Waals surface area contributed by atoms with E-state index >= 15 is 0 Å². The van der Waals surface area contributed by atoms with Crippen molar-refractivity contribution in [1.29, 1.82) is 0 Å². The molecule has 0 amide bonds. The van der Waals surface area contributed by atoms with Crippen molar-refractivity contribution in [2.24, 2.45) is 0 Å². The van der Waals surface area contributed by atoms with Crippen LogP contribution in [0.5, 0.6) is 0 Å². The van der Waals surface area contributed by atoms with Crippen molar-refractivity contribution < 1.29 is 0 Å². The van der Waals surface area contributed by atoms with Gasteiger partial charge in [-0.05, 0) is 48.2 Å². The molecule has 0 radical (unpaired) electrons. The summed E-state index contributed by atoms with van der Waals surface area (Å²) in [6.45, 7) is 8.61. The molecule has 1 nitrogen and oxygen atoms in total. The average Bonchev–Trinajstić information content (AvgIpc) is 2.07. The van der Waals surface area contributed by atoms with Crippen molar-refractivity contribution in [3.05, 3.63) is 22.5 Å². The molecular weight excluding hydrogens is 141 g/mol. The lowest BCUT2D eigenvalue weighted by Gasteiger charge is -1.97. The summed E-state index contributed by atoms with van der Waals surface area (Å²) < 4.78 is 2.16. The van der Waals surface area contributed by atoms with Crippen LogP contribution in [0, 0.1) is 27.7 Å². The van der Waals surface area contributed by atoms with Crippen LogP contribution in [0.15, 0.2) is 0 Å². The van der Waals surface area contributed by atoms with Crippen molar-refractivity contribution in [3.63, 3.8) is 0 Å². The van der Waals surface area contributed by atoms with Crippen molar-refractivity contribution in [2.45, 2.75) is 27.7 Å². The molecule has 0 aromatic carbocycles. The summed E-state index contributed by atoms with van der Waals surface area (Å²) in [6.07, 6.45) is 0. The lowest BCUT2D eigenvalue weighted by Crippen LogP contribution is -1.84. The van der Waals surface area contributed by atoms with Crippen LogP contribution in [0.3, 0.4) is 0 Å². The summed E-state index contributed by atoms with van der Waals surface area (Å²) in [6, 6.07) is 0. The van der Waals surface area contributed by atoms with Crippen molar-refractivity contribution in [3.8, 4) is 0 Å². The van der Waals surface area contributed by atoms with Crippen LogP contribution in [0.2, 0.25) is 0 Å². The minimum absolute atomic E-state index is 1.35. The van der Waals surface area contributed by atoms with E-state index in [1.807, 2.05) is 0 Å². The zero-order chi connectivity index (χ0) is 7.89. The van der Waals surface area contributed by atoms with Crippen molar-refractivity contribution in [1.82, 2.24) is 4.34 Å². The van der Waals surface area contributed by atoms with E-state index in [0.29, 0.717) is 0 Å². The van der Waals surface area contributed by atoms with Gasteiger partial charge in [0.2, 0.25) is 0 Å². The molecule has 0 saturated heterocycles. The molecule has 0 fully saturated rings. The van der Waals surface area contributed by atoms with E-state index in [2.05, 4.69) is 41.4 Å². The van der Waals surface area contributed by atoms with Crippen LogP contribution in [0.25, 0.3) is 0 Å². The van der Waals surface area contributed by atoms with Crippen LogP contribution in [-0.4, -0.2) is 4.34 Å². The van der Waals surface area contributed by atoms with Crippen molar-refractivity contribution >= 4 is 9.39 Å². The lowest BCUT2D eigenvalue weighted by molar-refractivity contribution is 1.09. The lowest BCUT2D eigenvalue weighted by atomic mass is 10.2. The second-order valence-electron chi connectivity index (χ2n) is 2.79. The number of aromatic nitrogens is 1. The Hall–Kier alpha value is -0.290. The Morgan fingerprint density at radius 3 is 1.30 bits per heavy atom. The summed E-state index contributed by atoms with van der Waals surface area (Å²) in [4.78, 5) is 0. The van der Waals surface area contributed by atoms with Gasteiger partial charge in [-0.15, -0.1) is 0 Å². The van der Waals surface area contributed by atoms with Crippen molar-refractivity contribution in [2.75, 3.05) is 0 Å². The zero-order valence-corrected chi connectivity index (χ0v) is 8.18. The summed E-state index contributed by atoms with van der Waals surface area (Å²) in [5.74, 6) is 0. The van der Waals surface area contributed by atoms with E-state index in [1.54, 1.807) is 0 Å². The molecule has 1 heterocycles. The minimum atomic E-state index is 1.35. The SMILES string of the molecule is Cc1c(C)c(C)n(P)c1C. The van der Waals surface area contributed by atoms with Gasteiger partial charge in [-0.1, -0.05) is 0 Å². The molecular formula is C8H14NP. The quantitative estimate of drug-likeness (QED) is 0.507. The van der Waals surface area contributed by atoms with Crippen LogP contribution < -0.4 is 0 Å². The third-order valence-electron chi connectivity index (χ3n) is 2.37. The Kier molecular flexibility index (Phi) is 1.87. The van der Waals surface area contributed by atoms with E-state index in [0.717, 1.165) is 0 Å². The third kappa shape index (κ3) is 0.894. The Morgan fingerprint density at radius 2 is 1.20 bits per heavy atom. The van der Waals surface area contributed by atoms with Crippen LogP contribution >= 0.6 is 9.39 Å². The molecule has 0 aliphatic carbocycles. The van der Waals surface area contributed by atoms with Crippen LogP contribution in [-0.2, 0) is 0 Å². The van der Waals surface area contributed by atoms with Gasteiger partial charge in [0.1, 0.15) is 0 Å². The fraction of sp³-hybridized carbons (Fsp3) is 0.500. The Balaban J connectivity index is 3.44. The highest BCUT2D eigenvalue weighted by Crippen LogP contribution is 2.21. The molecule has 1 aromatic rings. The van der Waals surface area contributed by atoms with Gasteiger partial charge in [0.25, 0.3) is 0 Å². The normalized spacial score (nSPS) is 10.5. The van der Waals surface area contributed by atoms with Gasteiger partial charge in [-0.2, -0.15) is 0 Å². The molecule has 10 heavy (non-hydrogen) atoms. The summed E-state index contributed by atoms with van der Waals surface area (Å²) in [5.41, 5.74) is 5.51. The molecule has 1 atom stereocenters. The summed E-state index contributed by atoms with van der Waals surface area (Å²) in [5, 5.41) is 0. The first-order chi connectivity index (χ1) is 4.55. The predicted molar refractivity (Wildman–Crippen MR) is 48.5 cm³/mol. The first-order valence-electron chi connectivity index (χ1n) is 3.46. The molecule has 2 heteroatoms. The number of nitrogens with zero attached hydrogens (tertiary/aromatic N) is 1. The average molecular weight is 155 g/mol. The Labute approximate surface area is 64.7 Å². The van der Waals surface area contributed by atoms with Crippen LogP contribution in [0.4, 0.5) is 0 Å². The summed E-state index contributed by atoms with van der Waals surface area (Å²) in [7, 11) is 2.72. The molecule has 1 rings (SSSR count). The van der Waals surface area contributed by atoms with E-state index < -0.39 is 0 Å². The van der Waals surface area contributed by atoms with E-state index in [4.69, 9.17) is 0 Å². The second-order valence-corrected chi connectivity index (χ2v) is 3.31. The Morgan fingerprint density at radius 1 is 0.900 bits per heavy atom. The topological polar surface area (TPSA) is 4.93 Å².